The van der Waals surface area contributed by atoms with Gasteiger partial charge in [-0.25, -0.2) is 4.79 Å². The van der Waals surface area contributed by atoms with Crippen molar-refractivity contribution in [1.29, 1.82) is 0 Å². The monoisotopic (exact) mass is 382 g/mol. The highest BCUT2D eigenvalue weighted by molar-refractivity contribution is 6.01. The number of rotatable bonds is 7. The Hall–Kier alpha value is -3.48. The highest BCUT2D eigenvalue weighted by Gasteiger charge is 2.14. The number of Topliss-reactive ketones (excluding diaryl/α,β-unsaturated/α-hetero) is 1. The van der Waals surface area contributed by atoms with E-state index in [1.807, 2.05) is 19.1 Å². The van der Waals surface area contributed by atoms with Gasteiger partial charge < -0.3 is 15.4 Å². The Morgan fingerprint density at radius 1 is 0.821 bits per heavy atom. The second-order valence-electron chi connectivity index (χ2n) is 6.21. The molecule has 2 N–H and O–H groups in total. The number of hydrogen-bond acceptors (Lipinski definition) is 5. The molecule has 0 aliphatic heterocycles. The highest BCUT2D eigenvalue weighted by atomic mass is 16.5. The summed E-state index contributed by atoms with van der Waals surface area (Å²) in [7, 11) is 0. The summed E-state index contributed by atoms with van der Waals surface area (Å²) in [5.41, 5.74) is 2.31. The van der Waals surface area contributed by atoms with E-state index in [0.29, 0.717) is 16.9 Å². The normalized spacial score (nSPS) is 10.1. The molecule has 0 heterocycles. The lowest BCUT2D eigenvalue weighted by Gasteiger charge is -2.10. The van der Waals surface area contributed by atoms with Gasteiger partial charge in [0, 0.05) is 30.8 Å². The van der Waals surface area contributed by atoms with E-state index in [1.165, 1.54) is 32.0 Å². The van der Waals surface area contributed by atoms with Crippen molar-refractivity contribution in [3.8, 4) is 0 Å². The predicted molar refractivity (Wildman–Crippen MR) is 105 cm³/mol. The minimum absolute atomic E-state index is 0.101. The van der Waals surface area contributed by atoms with Crippen molar-refractivity contribution in [3.63, 3.8) is 0 Å². The molecular formula is C21H22N2O5. The fourth-order valence-electron chi connectivity index (χ4n) is 2.52. The van der Waals surface area contributed by atoms with Crippen molar-refractivity contribution in [2.75, 3.05) is 17.2 Å². The first-order chi connectivity index (χ1) is 13.3. The predicted octanol–water partition coefficient (Wildman–Crippen LogP) is 3.21. The molecule has 0 radical (unpaired) electrons. The number of ether oxygens (including phenoxy) is 1. The van der Waals surface area contributed by atoms with E-state index in [0.717, 1.165) is 12.0 Å². The lowest BCUT2D eigenvalue weighted by molar-refractivity contribution is -0.115. The molecule has 0 aromatic heterocycles. The number of benzene rings is 2. The van der Waals surface area contributed by atoms with Gasteiger partial charge in [-0.2, -0.15) is 0 Å². The standard InChI is InChI=1S/C21H22N2O5/c1-4-15-5-7-16(8-6-15)20(26)12-28-21(27)17-9-18(22-13(2)24)11-19(10-17)23-14(3)25/h5-11H,4,12H2,1-3H3,(H,22,24)(H,23,25). The van der Waals surface area contributed by atoms with Crippen LogP contribution in [0.2, 0.25) is 0 Å². The van der Waals surface area contributed by atoms with E-state index in [4.69, 9.17) is 4.74 Å². The van der Waals surface area contributed by atoms with Gasteiger partial charge in [0.1, 0.15) is 0 Å². The molecule has 2 amide bonds. The smallest absolute Gasteiger partial charge is 0.338 e. The summed E-state index contributed by atoms with van der Waals surface area (Å²) in [6, 6.07) is 11.4. The van der Waals surface area contributed by atoms with Gasteiger partial charge in [-0.1, -0.05) is 31.2 Å². The van der Waals surface area contributed by atoms with Gasteiger partial charge in [0.25, 0.3) is 0 Å². The Bertz CT molecular complexity index is 869. The van der Waals surface area contributed by atoms with Gasteiger partial charge in [-0.3, -0.25) is 14.4 Å². The number of hydrogen-bond donors (Lipinski definition) is 2. The summed E-state index contributed by atoms with van der Waals surface area (Å²) in [6.07, 6.45) is 0.866. The third-order valence-electron chi connectivity index (χ3n) is 3.83. The van der Waals surface area contributed by atoms with Crippen molar-refractivity contribution in [1.82, 2.24) is 0 Å². The number of carbonyl (C=O) groups is 4. The Labute approximate surface area is 163 Å². The molecule has 0 atom stereocenters. The van der Waals surface area contributed by atoms with Crippen LogP contribution >= 0.6 is 0 Å². The number of nitrogens with one attached hydrogen (secondary N) is 2. The van der Waals surface area contributed by atoms with E-state index in [1.54, 1.807) is 12.1 Å². The van der Waals surface area contributed by atoms with Crippen LogP contribution in [0, 0.1) is 0 Å². The number of amides is 2. The molecule has 7 nitrogen and oxygen atoms in total. The molecule has 0 aliphatic rings. The van der Waals surface area contributed by atoms with E-state index in [2.05, 4.69) is 10.6 Å². The van der Waals surface area contributed by atoms with Crippen LogP contribution in [0.25, 0.3) is 0 Å². The third-order valence-corrected chi connectivity index (χ3v) is 3.83. The molecule has 2 aromatic rings. The lowest BCUT2D eigenvalue weighted by Crippen LogP contribution is -2.16. The first-order valence-corrected chi connectivity index (χ1v) is 8.78. The van der Waals surface area contributed by atoms with E-state index >= 15 is 0 Å². The van der Waals surface area contributed by atoms with Gasteiger partial charge in [0.05, 0.1) is 5.56 Å². The van der Waals surface area contributed by atoms with E-state index in [-0.39, 0.29) is 23.2 Å². The molecule has 0 bridgehead atoms. The number of aryl methyl sites for hydroxylation is 1. The first-order valence-electron chi connectivity index (χ1n) is 8.78. The summed E-state index contributed by atoms with van der Waals surface area (Å²) in [5, 5.41) is 5.10. The SMILES string of the molecule is CCc1ccc(C(=O)COC(=O)c2cc(NC(C)=O)cc(NC(C)=O)c2)cc1. The number of ketones is 1. The van der Waals surface area contributed by atoms with Crippen LogP contribution < -0.4 is 10.6 Å². The zero-order valence-electron chi connectivity index (χ0n) is 16.0. The molecule has 0 fully saturated rings. The molecule has 146 valence electrons. The van der Waals surface area contributed by atoms with Gasteiger partial charge in [-0.05, 0) is 30.2 Å². The van der Waals surface area contributed by atoms with Crippen LogP contribution in [-0.4, -0.2) is 30.2 Å². The fraction of sp³-hybridized carbons (Fsp3) is 0.238. The molecule has 0 spiro atoms. The van der Waals surface area contributed by atoms with Crippen LogP contribution in [0.4, 0.5) is 11.4 Å². The zero-order chi connectivity index (χ0) is 20.7. The lowest BCUT2D eigenvalue weighted by atomic mass is 10.1. The molecular weight excluding hydrogens is 360 g/mol. The molecule has 2 rings (SSSR count). The topological polar surface area (TPSA) is 102 Å². The number of carbonyl (C=O) groups excluding carboxylic acids is 4. The maximum Gasteiger partial charge on any atom is 0.338 e. The maximum absolute atomic E-state index is 12.4. The van der Waals surface area contributed by atoms with Gasteiger partial charge in [-0.15, -0.1) is 0 Å². The maximum atomic E-state index is 12.4. The molecule has 0 saturated heterocycles. The number of esters is 1. The second kappa shape index (κ2) is 9.45. The van der Waals surface area contributed by atoms with Crippen molar-refractivity contribution >= 4 is 34.9 Å². The fourth-order valence-corrected chi connectivity index (χ4v) is 2.52. The Morgan fingerprint density at radius 2 is 1.36 bits per heavy atom. The summed E-state index contributed by atoms with van der Waals surface area (Å²) in [5.74, 6) is -1.72. The van der Waals surface area contributed by atoms with Crippen molar-refractivity contribution in [3.05, 3.63) is 59.2 Å². The van der Waals surface area contributed by atoms with Gasteiger partial charge in [0.2, 0.25) is 11.8 Å². The summed E-state index contributed by atoms with van der Waals surface area (Å²) < 4.78 is 5.11. The second-order valence-corrected chi connectivity index (χ2v) is 6.21. The van der Waals surface area contributed by atoms with E-state index < -0.39 is 12.6 Å². The molecule has 0 aliphatic carbocycles. The van der Waals surface area contributed by atoms with Gasteiger partial charge in [0.15, 0.2) is 12.4 Å². The zero-order valence-corrected chi connectivity index (χ0v) is 16.0. The number of anilines is 2. The minimum Gasteiger partial charge on any atom is -0.454 e. The van der Waals surface area contributed by atoms with Gasteiger partial charge >= 0.3 is 5.97 Å². The average molecular weight is 382 g/mol. The summed E-state index contributed by atoms with van der Waals surface area (Å²) >= 11 is 0. The molecule has 0 unspecified atom stereocenters. The van der Waals surface area contributed by atoms with Crippen LogP contribution in [0.15, 0.2) is 42.5 Å². The third kappa shape index (κ3) is 6.05. The van der Waals surface area contributed by atoms with Crippen LogP contribution in [-0.2, 0) is 20.7 Å². The Morgan fingerprint density at radius 3 is 1.82 bits per heavy atom. The minimum atomic E-state index is -0.739. The Balaban J connectivity index is 2.11. The highest BCUT2D eigenvalue weighted by Crippen LogP contribution is 2.20. The van der Waals surface area contributed by atoms with Crippen molar-refractivity contribution in [2.45, 2.75) is 27.2 Å². The largest absolute Gasteiger partial charge is 0.454 e. The average Bonchev–Trinajstić information content (AvgIpc) is 2.64. The summed E-state index contributed by atoms with van der Waals surface area (Å²) in [4.78, 5) is 47.1. The molecule has 0 saturated carbocycles. The van der Waals surface area contributed by atoms with E-state index in [9.17, 15) is 19.2 Å². The molecule has 7 heteroatoms. The summed E-state index contributed by atoms with van der Waals surface area (Å²) in [6.45, 7) is 4.25. The van der Waals surface area contributed by atoms with Crippen molar-refractivity contribution in [2.24, 2.45) is 0 Å². The first kappa shape index (κ1) is 20.8. The Kier molecular flexibility index (Phi) is 7.03. The quantitative estimate of drug-likeness (QED) is 0.566. The van der Waals surface area contributed by atoms with Crippen molar-refractivity contribution < 1.29 is 23.9 Å². The van der Waals surface area contributed by atoms with Crippen LogP contribution in [0.3, 0.4) is 0 Å². The molecule has 2 aromatic carbocycles. The molecule has 28 heavy (non-hydrogen) atoms. The van der Waals surface area contributed by atoms with Crippen LogP contribution in [0.5, 0.6) is 0 Å². The van der Waals surface area contributed by atoms with Crippen LogP contribution in [0.1, 0.15) is 47.1 Å².